The first kappa shape index (κ1) is 20.8. The van der Waals surface area contributed by atoms with Crippen LogP contribution in [0.5, 0.6) is 11.5 Å². The van der Waals surface area contributed by atoms with Crippen molar-refractivity contribution in [2.45, 2.75) is 59.0 Å². The van der Waals surface area contributed by atoms with E-state index < -0.39 is 6.10 Å². The first-order chi connectivity index (χ1) is 13.1. The Labute approximate surface area is 162 Å². The topological polar surface area (TPSA) is 47.6 Å². The van der Waals surface area contributed by atoms with Crippen molar-refractivity contribution < 1.29 is 14.3 Å². The average Bonchev–Trinajstić information content (AvgIpc) is 2.69. The third-order valence-electron chi connectivity index (χ3n) is 4.40. The third-order valence-corrected chi connectivity index (χ3v) is 4.40. The van der Waals surface area contributed by atoms with Crippen LogP contribution in [0.3, 0.4) is 0 Å². The van der Waals surface area contributed by atoms with Gasteiger partial charge in [-0.1, -0.05) is 45.2 Å². The van der Waals surface area contributed by atoms with Gasteiger partial charge in [0.1, 0.15) is 11.5 Å². The fourth-order valence-corrected chi connectivity index (χ4v) is 2.66. The predicted octanol–water partition coefficient (Wildman–Crippen LogP) is 5.61. The molecule has 146 valence electrons. The molecular weight excluding hydrogens is 338 g/mol. The van der Waals surface area contributed by atoms with Gasteiger partial charge in [0.05, 0.1) is 6.61 Å². The maximum atomic E-state index is 12.3. The molecule has 0 saturated heterocycles. The summed E-state index contributed by atoms with van der Waals surface area (Å²) in [6.45, 7) is 6.78. The number of hydrogen-bond donors (Lipinski definition) is 1. The summed E-state index contributed by atoms with van der Waals surface area (Å²) >= 11 is 0. The SMILES string of the molecule is CCCCCCOc1ccc(NC(=O)[C@H](C)Oc2ccc(CC)cc2)cc1. The molecule has 0 aliphatic carbocycles. The molecule has 0 spiro atoms. The largest absolute Gasteiger partial charge is 0.494 e. The molecule has 0 heterocycles. The van der Waals surface area contributed by atoms with Crippen LogP contribution >= 0.6 is 0 Å². The Morgan fingerprint density at radius 2 is 1.59 bits per heavy atom. The number of rotatable bonds is 11. The molecule has 1 N–H and O–H groups in total. The number of benzene rings is 2. The highest BCUT2D eigenvalue weighted by Crippen LogP contribution is 2.18. The van der Waals surface area contributed by atoms with Crippen molar-refractivity contribution in [3.8, 4) is 11.5 Å². The number of carbonyl (C=O) groups excluding carboxylic acids is 1. The standard InChI is InChI=1S/C23H31NO3/c1-4-6-7-8-17-26-21-15-11-20(12-16-21)24-23(25)18(3)27-22-13-9-19(5-2)10-14-22/h9-16,18H,4-8,17H2,1-3H3,(H,24,25)/t18-/m0/s1. The second kappa shape index (κ2) is 11.3. The highest BCUT2D eigenvalue weighted by atomic mass is 16.5. The van der Waals surface area contributed by atoms with E-state index in [2.05, 4.69) is 19.2 Å². The minimum Gasteiger partial charge on any atom is -0.494 e. The predicted molar refractivity (Wildman–Crippen MR) is 111 cm³/mol. The minimum atomic E-state index is -0.577. The highest BCUT2D eigenvalue weighted by Gasteiger charge is 2.15. The highest BCUT2D eigenvalue weighted by molar-refractivity contribution is 5.94. The summed E-state index contributed by atoms with van der Waals surface area (Å²) in [5.74, 6) is 1.34. The van der Waals surface area contributed by atoms with E-state index in [0.717, 1.165) is 30.9 Å². The van der Waals surface area contributed by atoms with Crippen LogP contribution in [0.15, 0.2) is 48.5 Å². The molecular formula is C23H31NO3. The summed E-state index contributed by atoms with van der Waals surface area (Å²) in [6.07, 6.45) is 5.14. The van der Waals surface area contributed by atoms with Crippen molar-refractivity contribution >= 4 is 11.6 Å². The van der Waals surface area contributed by atoms with Crippen LogP contribution in [0.25, 0.3) is 0 Å². The molecule has 0 aliphatic heterocycles. The Hall–Kier alpha value is -2.49. The Morgan fingerprint density at radius 3 is 2.22 bits per heavy atom. The lowest BCUT2D eigenvalue weighted by molar-refractivity contribution is -0.122. The van der Waals surface area contributed by atoms with Crippen molar-refractivity contribution in [1.82, 2.24) is 0 Å². The first-order valence-electron chi connectivity index (χ1n) is 9.91. The van der Waals surface area contributed by atoms with Crippen LogP contribution in [0.4, 0.5) is 5.69 Å². The van der Waals surface area contributed by atoms with Crippen molar-refractivity contribution in [2.75, 3.05) is 11.9 Å². The van der Waals surface area contributed by atoms with Crippen LogP contribution in [-0.4, -0.2) is 18.6 Å². The van der Waals surface area contributed by atoms with E-state index in [1.807, 2.05) is 48.5 Å². The lowest BCUT2D eigenvalue weighted by atomic mass is 10.2. The number of aryl methyl sites for hydroxylation is 1. The molecule has 0 fully saturated rings. The monoisotopic (exact) mass is 369 g/mol. The van der Waals surface area contributed by atoms with E-state index in [1.54, 1.807) is 6.92 Å². The number of anilines is 1. The molecule has 1 amide bonds. The molecule has 4 nitrogen and oxygen atoms in total. The molecule has 4 heteroatoms. The summed E-state index contributed by atoms with van der Waals surface area (Å²) in [6, 6.07) is 15.3. The van der Waals surface area contributed by atoms with Gasteiger partial charge in [-0.2, -0.15) is 0 Å². The molecule has 2 rings (SSSR count). The molecule has 0 aromatic heterocycles. The fourth-order valence-electron chi connectivity index (χ4n) is 2.66. The van der Waals surface area contributed by atoms with Gasteiger partial charge >= 0.3 is 0 Å². The van der Waals surface area contributed by atoms with E-state index in [-0.39, 0.29) is 5.91 Å². The molecule has 0 bridgehead atoms. The fraction of sp³-hybridized carbons (Fsp3) is 0.435. The number of hydrogen-bond acceptors (Lipinski definition) is 3. The summed E-state index contributed by atoms with van der Waals surface area (Å²) < 4.78 is 11.4. The van der Waals surface area contributed by atoms with Crippen LogP contribution in [0, 0.1) is 0 Å². The van der Waals surface area contributed by atoms with Gasteiger partial charge in [-0.3, -0.25) is 4.79 Å². The molecule has 2 aromatic carbocycles. The summed E-state index contributed by atoms with van der Waals surface area (Å²) in [7, 11) is 0. The van der Waals surface area contributed by atoms with Crippen molar-refractivity contribution in [2.24, 2.45) is 0 Å². The van der Waals surface area contributed by atoms with Gasteiger partial charge < -0.3 is 14.8 Å². The van der Waals surface area contributed by atoms with Crippen molar-refractivity contribution in [1.29, 1.82) is 0 Å². The molecule has 1 atom stereocenters. The molecule has 2 aromatic rings. The van der Waals surface area contributed by atoms with Crippen LogP contribution in [-0.2, 0) is 11.2 Å². The zero-order valence-corrected chi connectivity index (χ0v) is 16.7. The smallest absolute Gasteiger partial charge is 0.265 e. The molecule has 0 radical (unpaired) electrons. The number of nitrogens with one attached hydrogen (secondary N) is 1. The van der Waals surface area contributed by atoms with Crippen LogP contribution in [0.1, 0.15) is 52.0 Å². The summed E-state index contributed by atoms with van der Waals surface area (Å²) in [4.78, 5) is 12.3. The Morgan fingerprint density at radius 1 is 0.926 bits per heavy atom. The quantitative estimate of drug-likeness (QED) is 0.523. The Kier molecular flexibility index (Phi) is 8.69. The van der Waals surface area contributed by atoms with Crippen LogP contribution < -0.4 is 14.8 Å². The van der Waals surface area contributed by atoms with E-state index in [4.69, 9.17) is 9.47 Å². The molecule has 0 saturated carbocycles. The van der Waals surface area contributed by atoms with E-state index in [9.17, 15) is 4.79 Å². The van der Waals surface area contributed by atoms with Gasteiger partial charge in [0.2, 0.25) is 0 Å². The van der Waals surface area contributed by atoms with Gasteiger partial charge in [-0.25, -0.2) is 0 Å². The van der Waals surface area contributed by atoms with Gasteiger partial charge in [0.15, 0.2) is 6.10 Å². The van der Waals surface area contributed by atoms with E-state index in [1.165, 1.54) is 24.8 Å². The summed E-state index contributed by atoms with van der Waals surface area (Å²) in [5, 5.41) is 2.88. The first-order valence-corrected chi connectivity index (χ1v) is 9.91. The number of unbranched alkanes of at least 4 members (excludes halogenated alkanes) is 3. The molecule has 27 heavy (non-hydrogen) atoms. The lowest BCUT2D eigenvalue weighted by Gasteiger charge is -2.15. The number of carbonyl (C=O) groups is 1. The lowest BCUT2D eigenvalue weighted by Crippen LogP contribution is -2.30. The minimum absolute atomic E-state index is 0.178. The maximum Gasteiger partial charge on any atom is 0.265 e. The number of ether oxygens (including phenoxy) is 2. The summed E-state index contributed by atoms with van der Waals surface area (Å²) in [5.41, 5.74) is 1.97. The van der Waals surface area contributed by atoms with Crippen molar-refractivity contribution in [3.05, 3.63) is 54.1 Å². The maximum absolute atomic E-state index is 12.3. The zero-order chi connectivity index (χ0) is 19.5. The Bertz CT molecular complexity index is 680. The van der Waals surface area contributed by atoms with Crippen molar-refractivity contribution in [3.63, 3.8) is 0 Å². The van der Waals surface area contributed by atoms with Gasteiger partial charge in [-0.15, -0.1) is 0 Å². The molecule has 0 aliphatic rings. The van der Waals surface area contributed by atoms with E-state index in [0.29, 0.717) is 5.75 Å². The number of amides is 1. The zero-order valence-electron chi connectivity index (χ0n) is 16.7. The third kappa shape index (κ3) is 7.33. The second-order valence-corrected chi connectivity index (χ2v) is 6.68. The van der Waals surface area contributed by atoms with Gasteiger partial charge in [0, 0.05) is 5.69 Å². The normalized spacial score (nSPS) is 11.7. The van der Waals surface area contributed by atoms with E-state index >= 15 is 0 Å². The van der Waals surface area contributed by atoms with Gasteiger partial charge in [0.25, 0.3) is 5.91 Å². The Balaban J connectivity index is 1.78. The van der Waals surface area contributed by atoms with Crippen LogP contribution in [0.2, 0.25) is 0 Å². The van der Waals surface area contributed by atoms with Gasteiger partial charge in [-0.05, 0) is 61.7 Å². The average molecular weight is 370 g/mol. The second-order valence-electron chi connectivity index (χ2n) is 6.68. The molecule has 0 unspecified atom stereocenters.